The van der Waals surface area contributed by atoms with Gasteiger partial charge in [-0.05, 0) is 86.8 Å². The van der Waals surface area contributed by atoms with E-state index in [0.717, 1.165) is 22.3 Å². The average molecular weight is 591 g/mol. The summed E-state index contributed by atoms with van der Waals surface area (Å²) in [5.41, 5.74) is 5.13. The molecule has 0 spiro atoms. The predicted molar refractivity (Wildman–Crippen MR) is 177 cm³/mol. The molecule has 5 aromatic carbocycles. The Balaban J connectivity index is 1.55. The largest absolute Gasteiger partial charge is 0.453 e. The maximum atomic E-state index is 16.8. The van der Waals surface area contributed by atoms with Gasteiger partial charge in [-0.2, -0.15) is 5.26 Å². The highest BCUT2D eigenvalue weighted by Gasteiger charge is 2.52. The van der Waals surface area contributed by atoms with Crippen LogP contribution < -0.4 is 9.64 Å². The Kier molecular flexibility index (Phi) is 6.34. The number of benzene rings is 5. The zero-order chi connectivity index (χ0) is 31.7. The maximum Gasteiger partial charge on any atom is 0.247 e. The number of ether oxygens (including phenoxy) is 1. The monoisotopic (exact) mass is 590 g/mol. The van der Waals surface area contributed by atoms with Crippen molar-refractivity contribution in [1.29, 1.82) is 5.26 Å². The number of rotatable bonds is 3. The summed E-state index contributed by atoms with van der Waals surface area (Å²) in [7, 11) is 1.94. The molecule has 45 heavy (non-hydrogen) atoms. The summed E-state index contributed by atoms with van der Waals surface area (Å²) < 4.78 is 23.4. The maximum absolute atomic E-state index is 16.8. The molecule has 0 saturated carbocycles. The minimum absolute atomic E-state index is 0.178. The van der Waals surface area contributed by atoms with Gasteiger partial charge in [0.15, 0.2) is 11.5 Å². The van der Waals surface area contributed by atoms with Gasteiger partial charge in [0, 0.05) is 16.6 Å². The van der Waals surface area contributed by atoms with Crippen molar-refractivity contribution in [1.82, 2.24) is 4.90 Å². The second-order valence-corrected chi connectivity index (χ2v) is 12.6. The van der Waals surface area contributed by atoms with E-state index >= 15 is 4.39 Å². The Morgan fingerprint density at radius 1 is 0.733 bits per heavy atom. The minimum atomic E-state index is -0.734. The van der Waals surface area contributed by atoms with E-state index in [9.17, 15) is 5.26 Å². The molecule has 0 unspecified atom stereocenters. The summed E-state index contributed by atoms with van der Waals surface area (Å²) in [5, 5.41) is 10.8. The quantitative estimate of drug-likeness (QED) is 0.192. The van der Waals surface area contributed by atoms with Gasteiger partial charge < -0.3 is 9.64 Å². The van der Waals surface area contributed by atoms with E-state index in [1.54, 1.807) is 0 Å². The van der Waals surface area contributed by atoms with Crippen molar-refractivity contribution in [2.75, 3.05) is 11.9 Å². The van der Waals surface area contributed by atoms with Crippen molar-refractivity contribution in [2.45, 2.75) is 38.8 Å². The highest BCUT2D eigenvalue weighted by atomic mass is 19.1. The first-order chi connectivity index (χ1) is 21.6. The van der Waals surface area contributed by atoms with Gasteiger partial charge in [-0.15, -0.1) is 0 Å². The van der Waals surface area contributed by atoms with E-state index in [2.05, 4.69) is 15.8 Å². The number of nitrogens with zero attached hydrogens (tertiary/aromatic N) is 4. The summed E-state index contributed by atoms with van der Waals surface area (Å²) in [6.07, 6.45) is 0. The molecule has 0 amide bonds. The van der Waals surface area contributed by atoms with Crippen LogP contribution in [0.1, 0.15) is 44.4 Å². The Labute approximate surface area is 263 Å². The molecule has 2 aliphatic heterocycles. The van der Waals surface area contributed by atoms with Crippen molar-refractivity contribution in [3.05, 3.63) is 131 Å². The Morgan fingerprint density at radius 2 is 1.22 bits per heavy atom. The molecule has 5 nitrogen and oxygen atoms in total. The van der Waals surface area contributed by atoms with Crippen molar-refractivity contribution in [2.24, 2.45) is 0 Å². The van der Waals surface area contributed by atoms with Crippen molar-refractivity contribution in [3.63, 3.8) is 0 Å². The fraction of sp³-hybridized carbons (Fsp3) is 0.179. The first-order valence-electron chi connectivity index (χ1n) is 14.9. The summed E-state index contributed by atoms with van der Waals surface area (Å²) in [6, 6.07) is 34.2. The van der Waals surface area contributed by atoms with Gasteiger partial charge in [-0.3, -0.25) is 4.90 Å². The average Bonchev–Trinajstić information content (AvgIpc) is 3.20. The molecule has 0 fully saturated rings. The van der Waals surface area contributed by atoms with Gasteiger partial charge in [0.05, 0.1) is 29.2 Å². The van der Waals surface area contributed by atoms with E-state index in [1.165, 1.54) is 0 Å². The molecular formula is C39H31FN4O. The van der Waals surface area contributed by atoms with Crippen LogP contribution in [-0.4, -0.2) is 11.9 Å². The van der Waals surface area contributed by atoms with Crippen LogP contribution in [0.25, 0.3) is 27.1 Å². The summed E-state index contributed by atoms with van der Waals surface area (Å²) in [4.78, 5) is 7.69. The van der Waals surface area contributed by atoms with Gasteiger partial charge in [0.25, 0.3) is 0 Å². The third-order valence-corrected chi connectivity index (χ3v) is 9.57. The fourth-order valence-corrected chi connectivity index (χ4v) is 7.01. The molecule has 0 aromatic heterocycles. The van der Waals surface area contributed by atoms with Gasteiger partial charge in [0.2, 0.25) is 5.69 Å². The van der Waals surface area contributed by atoms with Crippen LogP contribution in [0.4, 0.5) is 27.1 Å². The first kappa shape index (κ1) is 28.3. The van der Waals surface area contributed by atoms with E-state index < -0.39 is 16.9 Å². The first-order valence-corrected chi connectivity index (χ1v) is 14.9. The zero-order valence-electron chi connectivity index (χ0n) is 25.8. The van der Waals surface area contributed by atoms with Crippen molar-refractivity contribution in [3.8, 4) is 39.8 Å². The van der Waals surface area contributed by atoms with Gasteiger partial charge >= 0.3 is 0 Å². The molecule has 0 radical (unpaired) electrons. The summed E-state index contributed by atoms with van der Waals surface area (Å²) >= 11 is 0. The second kappa shape index (κ2) is 10.1. The van der Waals surface area contributed by atoms with Crippen LogP contribution in [0.3, 0.4) is 0 Å². The van der Waals surface area contributed by atoms with E-state index in [0.29, 0.717) is 34.0 Å². The molecule has 5 aromatic rings. The molecule has 0 saturated heterocycles. The fourth-order valence-electron chi connectivity index (χ4n) is 7.01. The molecule has 6 heteroatoms. The van der Waals surface area contributed by atoms with Crippen LogP contribution in [0, 0.1) is 23.7 Å². The number of anilines is 3. The molecule has 2 heterocycles. The van der Waals surface area contributed by atoms with Crippen LogP contribution >= 0.6 is 0 Å². The number of hydrogen-bond acceptors (Lipinski definition) is 4. The normalized spacial score (nSPS) is 15.7. The van der Waals surface area contributed by atoms with Crippen LogP contribution in [0.5, 0.6) is 11.5 Å². The third kappa shape index (κ3) is 4.07. The number of fused-ring (bicyclic) bond motifs is 3. The molecule has 2 aliphatic rings. The Morgan fingerprint density at radius 3 is 1.69 bits per heavy atom. The minimum Gasteiger partial charge on any atom is -0.453 e. The summed E-state index contributed by atoms with van der Waals surface area (Å²) in [6.45, 7) is 16.1. The molecule has 220 valence electrons. The molecule has 0 atom stereocenters. The highest BCUT2D eigenvalue weighted by Crippen LogP contribution is 2.60. The van der Waals surface area contributed by atoms with E-state index in [1.807, 2.05) is 137 Å². The van der Waals surface area contributed by atoms with Gasteiger partial charge in [0.1, 0.15) is 11.9 Å². The number of nitriles is 1. The lowest BCUT2D eigenvalue weighted by molar-refractivity contribution is 0.0716. The number of hydrogen-bond donors (Lipinski definition) is 0. The van der Waals surface area contributed by atoms with Crippen molar-refractivity contribution >= 4 is 22.7 Å². The van der Waals surface area contributed by atoms with Gasteiger partial charge in [-0.25, -0.2) is 9.24 Å². The van der Waals surface area contributed by atoms with E-state index in [4.69, 9.17) is 11.3 Å². The lowest BCUT2D eigenvalue weighted by Crippen LogP contribution is -2.42. The predicted octanol–water partition coefficient (Wildman–Crippen LogP) is 10.6. The van der Waals surface area contributed by atoms with E-state index in [-0.39, 0.29) is 16.9 Å². The van der Waals surface area contributed by atoms with Crippen LogP contribution in [0.2, 0.25) is 0 Å². The third-order valence-electron chi connectivity index (χ3n) is 9.57. The molecular weight excluding hydrogens is 559 g/mol. The lowest BCUT2D eigenvalue weighted by atomic mass is 9.84. The molecule has 0 aliphatic carbocycles. The molecule has 7 rings (SSSR count). The van der Waals surface area contributed by atoms with Gasteiger partial charge in [-0.1, -0.05) is 72.8 Å². The van der Waals surface area contributed by atoms with Crippen molar-refractivity contribution < 1.29 is 9.13 Å². The topological polar surface area (TPSA) is 43.9 Å². The Bertz CT molecular complexity index is 2000. The standard InChI is InChI=1S/C39H31FN4O/c1-38(2)33-28(23-41)37(36(42-5)35(40)34(33)39(3,4)43(38)6)44-29-19-17-26(24-13-9-7-10-14-24)21-31(29)45-32-22-27(18-20-30(32)44)25-15-11-8-12-16-25/h7-22H,1-4,6H3. The second-order valence-electron chi connectivity index (χ2n) is 12.6. The smallest absolute Gasteiger partial charge is 0.247 e. The summed E-state index contributed by atoms with van der Waals surface area (Å²) in [5.74, 6) is 0.505. The lowest BCUT2D eigenvalue weighted by Gasteiger charge is -2.38. The Hall–Kier alpha value is -5.43. The van der Waals surface area contributed by atoms with Crippen LogP contribution in [0.15, 0.2) is 97.1 Å². The van der Waals surface area contributed by atoms with Crippen LogP contribution in [-0.2, 0) is 11.1 Å². The molecule has 0 N–H and O–H groups in total. The SMILES string of the molecule is [C-]#[N+]c1c(F)c2c(c(C#N)c1N1c3ccc(-c4ccccc4)cc3Oc3cc(-c4ccccc4)ccc31)C(C)(C)N(C)C2(C)C. The highest BCUT2D eigenvalue weighted by molar-refractivity contribution is 5.97. The zero-order valence-corrected chi connectivity index (χ0v) is 25.8. The number of halogens is 1. The molecule has 0 bridgehead atoms.